The van der Waals surface area contributed by atoms with E-state index in [-0.39, 0.29) is 11.4 Å². The number of anilines is 1. The summed E-state index contributed by atoms with van der Waals surface area (Å²) in [6.45, 7) is 6.79. The van der Waals surface area contributed by atoms with Crippen LogP contribution in [0.15, 0.2) is 4.52 Å². The summed E-state index contributed by atoms with van der Waals surface area (Å²) in [6.07, 6.45) is -0.109. The van der Waals surface area contributed by atoms with Gasteiger partial charge in [-0.25, -0.2) is 4.79 Å². The van der Waals surface area contributed by atoms with Crippen LogP contribution in [0.2, 0.25) is 0 Å². The lowest BCUT2D eigenvalue weighted by Crippen LogP contribution is -2.27. The Labute approximate surface area is 92.9 Å². The number of carbonyl (C=O) groups excluding carboxylic acids is 2. The summed E-state index contributed by atoms with van der Waals surface area (Å²) in [4.78, 5) is 22.1. The minimum atomic E-state index is -0.677. The van der Waals surface area contributed by atoms with Crippen molar-refractivity contribution in [3.63, 3.8) is 0 Å². The molecule has 1 aromatic rings. The lowest BCUT2D eigenvalue weighted by Gasteiger charge is -2.19. The highest BCUT2D eigenvalue weighted by molar-refractivity contribution is 5.92. The van der Waals surface area contributed by atoms with Gasteiger partial charge in [-0.3, -0.25) is 10.1 Å². The highest BCUT2D eigenvalue weighted by Crippen LogP contribution is 2.17. The van der Waals surface area contributed by atoms with Crippen molar-refractivity contribution < 1.29 is 18.8 Å². The first-order valence-electron chi connectivity index (χ1n) is 4.75. The molecule has 0 bridgehead atoms. The number of ether oxygens (including phenoxy) is 1. The van der Waals surface area contributed by atoms with Crippen LogP contribution >= 0.6 is 0 Å². The monoisotopic (exact) mass is 226 g/mol. The smallest absolute Gasteiger partial charge is 0.413 e. The minimum Gasteiger partial charge on any atom is -0.444 e. The van der Waals surface area contributed by atoms with Gasteiger partial charge in [0.1, 0.15) is 16.9 Å². The van der Waals surface area contributed by atoms with Crippen molar-refractivity contribution in [3.05, 3.63) is 11.3 Å². The number of hydrogen-bond acceptors (Lipinski definition) is 5. The molecular weight excluding hydrogens is 212 g/mol. The molecule has 0 fully saturated rings. The van der Waals surface area contributed by atoms with Crippen molar-refractivity contribution in [3.8, 4) is 0 Å². The first-order valence-corrected chi connectivity index (χ1v) is 4.75. The number of nitrogens with zero attached hydrogens (tertiary/aromatic N) is 1. The van der Waals surface area contributed by atoms with Gasteiger partial charge in [0, 0.05) is 0 Å². The number of aryl methyl sites for hydroxylation is 1. The van der Waals surface area contributed by atoms with Crippen LogP contribution in [0.3, 0.4) is 0 Å². The summed E-state index contributed by atoms with van der Waals surface area (Å²) in [5, 5.41) is 5.88. The fraction of sp³-hybridized carbons (Fsp3) is 0.500. The number of amides is 1. The summed E-state index contributed by atoms with van der Waals surface area (Å²) in [5.74, 6) is 0.419. The third-order valence-corrected chi connectivity index (χ3v) is 1.65. The Bertz CT molecular complexity index is 403. The number of nitrogens with one attached hydrogen (secondary N) is 1. The number of carbonyl (C=O) groups is 2. The van der Waals surface area contributed by atoms with Crippen LogP contribution in [0, 0.1) is 6.92 Å². The van der Waals surface area contributed by atoms with Crippen LogP contribution in [-0.4, -0.2) is 23.1 Å². The number of aromatic nitrogens is 1. The highest BCUT2D eigenvalue weighted by atomic mass is 16.6. The first kappa shape index (κ1) is 12.2. The molecule has 88 valence electrons. The number of aldehydes is 1. The van der Waals surface area contributed by atoms with Crippen LogP contribution < -0.4 is 5.32 Å². The highest BCUT2D eigenvalue weighted by Gasteiger charge is 2.19. The molecule has 1 rings (SSSR count). The molecule has 0 aliphatic rings. The zero-order valence-corrected chi connectivity index (χ0v) is 9.66. The van der Waals surface area contributed by atoms with Gasteiger partial charge in [-0.1, -0.05) is 5.16 Å². The Morgan fingerprint density at radius 3 is 2.62 bits per heavy atom. The van der Waals surface area contributed by atoms with Gasteiger partial charge >= 0.3 is 6.09 Å². The molecule has 0 aliphatic heterocycles. The quantitative estimate of drug-likeness (QED) is 0.781. The molecule has 1 amide bonds. The minimum absolute atomic E-state index is 0.0711. The predicted octanol–water partition coefficient (Wildman–Crippen LogP) is 2.14. The Kier molecular flexibility index (Phi) is 3.31. The van der Waals surface area contributed by atoms with Crippen molar-refractivity contribution in [2.75, 3.05) is 5.32 Å². The summed E-state index contributed by atoms with van der Waals surface area (Å²) < 4.78 is 9.77. The van der Waals surface area contributed by atoms with Gasteiger partial charge < -0.3 is 9.26 Å². The van der Waals surface area contributed by atoms with Gasteiger partial charge in [-0.05, 0) is 27.7 Å². The third kappa shape index (κ3) is 3.08. The Hall–Kier alpha value is -1.85. The zero-order valence-electron chi connectivity index (χ0n) is 9.66. The summed E-state index contributed by atoms with van der Waals surface area (Å²) in [6, 6.07) is 0. The van der Waals surface area contributed by atoms with Crippen molar-refractivity contribution in [2.24, 2.45) is 0 Å². The molecule has 6 nitrogen and oxygen atoms in total. The average Bonchev–Trinajstić information content (AvgIpc) is 2.43. The van der Waals surface area contributed by atoms with Crippen molar-refractivity contribution in [2.45, 2.75) is 33.3 Å². The SMILES string of the molecule is Cc1onc(NC(=O)OC(C)(C)C)c1C=O. The van der Waals surface area contributed by atoms with E-state index in [9.17, 15) is 9.59 Å². The fourth-order valence-electron chi connectivity index (χ4n) is 1.01. The van der Waals surface area contributed by atoms with E-state index in [1.807, 2.05) is 0 Å². The van der Waals surface area contributed by atoms with Gasteiger partial charge in [-0.15, -0.1) is 0 Å². The molecule has 0 saturated carbocycles. The van der Waals surface area contributed by atoms with Gasteiger partial charge in [-0.2, -0.15) is 0 Å². The van der Waals surface area contributed by atoms with Gasteiger partial charge in [0.2, 0.25) is 0 Å². The molecule has 0 radical (unpaired) electrons. The maximum atomic E-state index is 11.4. The largest absolute Gasteiger partial charge is 0.444 e. The molecule has 0 atom stereocenters. The van der Waals surface area contributed by atoms with Crippen LogP contribution in [0.25, 0.3) is 0 Å². The van der Waals surface area contributed by atoms with E-state index in [1.54, 1.807) is 27.7 Å². The number of rotatable bonds is 2. The second-order valence-corrected chi connectivity index (χ2v) is 4.25. The molecule has 1 N–H and O–H groups in total. The Morgan fingerprint density at radius 1 is 1.50 bits per heavy atom. The fourth-order valence-corrected chi connectivity index (χ4v) is 1.01. The topological polar surface area (TPSA) is 81.4 Å². The zero-order chi connectivity index (χ0) is 12.3. The molecule has 16 heavy (non-hydrogen) atoms. The standard InChI is InChI=1S/C10H14N2O4/c1-6-7(5-13)8(12-16-6)11-9(14)15-10(2,3)4/h5H,1-4H3,(H,11,12,14). The first-order chi connectivity index (χ1) is 7.33. The van der Waals surface area contributed by atoms with E-state index < -0.39 is 11.7 Å². The molecule has 0 saturated heterocycles. The van der Waals surface area contributed by atoms with Crippen molar-refractivity contribution in [1.82, 2.24) is 5.16 Å². The molecular formula is C10H14N2O4. The summed E-state index contributed by atoms with van der Waals surface area (Å²) in [7, 11) is 0. The predicted molar refractivity (Wildman–Crippen MR) is 56.5 cm³/mol. The van der Waals surface area contributed by atoms with Crippen LogP contribution in [0.1, 0.15) is 36.9 Å². The Balaban J connectivity index is 2.74. The van der Waals surface area contributed by atoms with E-state index in [2.05, 4.69) is 10.5 Å². The van der Waals surface area contributed by atoms with Crippen LogP contribution in [-0.2, 0) is 4.74 Å². The van der Waals surface area contributed by atoms with E-state index in [0.29, 0.717) is 12.0 Å². The normalized spacial score (nSPS) is 11.0. The molecule has 1 heterocycles. The van der Waals surface area contributed by atoms with E-state index in [1.165, 1.54) is 0 Å². The maximum absolute atomic E-state index is 11.4. The van der Waals surface area contributed by atoms with Gasteiger partial charge in [0.15, 0.2) is 12.1 Å². The lowest BCUT2D eigenvalue weighted by atomic mass is 10.2. The molecule has 0 aromatic carbocycles. The van der Waals surface area contributed by atoms with E-state index in [4.69, 9.17) is 9.26 Å². The molecule has 0 unspecified atom stereocenters. The molecule has 1 aromatic heterocycles. The van der Waals surface area contributed by atoms with Crippen molar-refractivity contribution >= 4 is 18.2 Å². The van der Waals surface area contributed by atoms with Gasteiger partial charge in [0.25, 0.3) is 0 Å². The van der Waals surface area contributed by atoms with Crippen LogP contribution in [0.4, 0.5) is 10.6 Å². The summed E-state index contributed by atoms with van der Waals surface area (Å²) >= 11 is 0. The van der Waals surface area contributed by atoms with Gasteiger partial charge in [0.05, 0.1) is 0 Å². The second-order valence-electron chi connectivity index (χ2n) is 4.25. The van der Waals surface area contributed by atoms with E-state index in [0.717, 1.165) is 0 Å². The summed E-state index contributed by atoms with van der Waals surface area (Å²) in [5.41, 5.74) is -0.393. The lowest BCUT2D eigenvalue weighted by molar-refractivity contribution is 0.0634. The Morgan fingerprint density at radius 2 is 2.12 bits per heavy atom. The molecule has 0 spiro atoms. The number of hydrogen-bond donors (Lipinski definition) is 1. The van der Waals surface area contributed by atoms with Crippen LogP contribution in [0.5, 0.6) is 0 Å². The maximum Gasteiger partial charge on any atom is 0.413 e. The third-order valence-electron chi connectivity index (χ3n) is 1.65. The van der Waals surface area contributed by atoms with Crippen molar-refractivity contribution in [1.29, 1.82) is 0 Å². The average molecular weight is 226 g/mol. The molecule has 0 aliphatic carbocycles. The van der Waals surface area contributed by atoms with E-state index >= 15 is 0 Å². The molecule has 6 heteroatoms. The second kappa shape index (κ2) is 4.34.